The van der Waals surface area contributed by atoms with Gasteiger partial charge < -0.3 is 14.2 Å². The number of nitrogens with one attached hydrogen (secondary N) is 1. The number of urea groups is 1. The Morgan fingerprint density at radius 2 is 2.29 bits per heavy atom. The number of ether oxygens (including phenoxy) is 3. The smallest absolute Gasteiger partial charge is 0.349 e. The van der Waals surface area contributed by atoms with Gasteiger partial charge in [-0.3, -0.25) is 20.0 Å². The van der Waals surface area contributed by atoms with E-state index in [9.17, 15) is 9.59 Å². The minimum Gasteiger partial charge on any atom is -0.382 e. The molecule has 3 aliphatic heterocycles. The largest absolute Gasteiger partial charge is 0.382 e. The van der Waals surface area contributed by atoms with E-state index >= 15 is 0 Å². The molecule has 0 saturated carbocycles. The Bertz CT molecular complexity index is 520. The fourth-order valence-electron chi connectivity index (χ4n) is 2.67. The third kappa shape index (κ3) is 2.43. The number of rotatable bonds is 4. The Morgan fingerprint density at radius 3 is 3.00 bits per heavy atom. The standard InChI is InChI=1S/C12H16N4O5/c1-19-4-7-6(20-2)3-8(21-7)16-5-13-9-10(16)14-12(18)15-11(9)17/h5-9H,3-4H2,1-2H3,(H,15,17,18). The summed E-state index contributed by atoms with van der Waals surface area (Å²) in [6.45, 7) is 0.398. The molecule has 3 rings (SSSR count). The van der Waals surface area contributed by atoms with Crippen molar-refractivity contribution in [2.24, 2.45) is 9.98 Å². The van der Waals surface area contributed by atoms with E-state index < -0.39 is 18.0 Å². The Hall–Kier alpha value is -1.84. The van der Waals surface area contributed by atoms with Gasteiger partial charge in [-0.15, -0.1) is 0 Å². The van der Waals surface area contributed by atoms with Crippen molar-refractivity contribution in [3.8, 4) is 0 Å². The summed E-state index contributed by atoms with van der Waals surface area (Å²) >= 11 is 0. The predicted octanol–water partition coefficient (Wildman–Crippen LogP) is -0.876. The van der Waals surface area contributed by atoms with Crippen molar-refractivity contribution in [1.29, 1.82) is 0 Å². The maximum Gasteiger partial charge on any atom is 0.349 e. The molecule has 0 spiro atoms. The molecule has 4 unspecified atom stereocenters. The van der Waals surface area contributed by atoms with E-state index in [1.165, 1.54) is 6.34 Å². The van der Waals surface area contributed by atoms with Gasteiger partial charge in [0.15, 0.2) is 11.9 Å². The monoisotopic (exact) mass is 296 g/mol. The molecule has 21 heavy (non-hydrogen) atoms. The lowest BCUT2D eigenvalue weighted by atomic mass is 10.1. The minimum atomic E-state index is -0.784. The molecule has 4 atom stereocenters. The van der Waals surface area contributed by atoms with Crippen LogP contribution in [-0.2, 0) is 19.0 Å². The van der Waals surface area contributed by atoms with Crippen molar-refractivity contribution in [3.05, 3.63) is 0 Å². The number of nitrogens with zero attached hydrogens (tertiary/aromatic N) is 3. The Labute approximate surface area is 121 Å². The minimum absolute atomic E-state index is 0.129. The maximum atomic E-state index is 11.7. The summed E-state index contributed by atoms with van der Waals surface area (Å²) in [6, 6.07) is -1.47. The van der Waals surface area contributed by atoms with Gasteiger partial charge in [0.2, 0.25) is 0 Å². The molecule has 3 heterocycles. The van der Waals surface area contributed by atoms with Gasteiger partial charge in [-0.2, -0.15) is 4.99 Å². The zero-order chi connectivity index (χ0) is 15.0. The van der Waals surface area contributed by atoms with Gasteiger partial charge in [-0.1, -0.05) is 0 Å². The number of carbonyl (C=O) groups is 2. The molecule has 3 aliphatic rings. The fraction of sp³-hybridized carbons (Fsp3) is 0.667. The summed E-state index contributed by atoms with van der Waals surface area (Å²) in [4.78, 5) is 32.6. The summed E-state index contributed by atoms with van der Waals surface area (Å²) in [5, 5.41) is 2.12. The average Bonchev–Trinajstić information content (AvgIpc) is 3.02. The normalized spacial score (nSPS) is 35.0. The van der Waals surface area contributed by atoms with Crippen molar-refractivity contribution in [2.75, 3.05) is 20.8 Å². The van der Waals surface area contributed by atoms with E-state index in [4.69, 9.17) is 14.2 Å². The van der Waals surface area contributed by atoms with Crippen LogP contribution in [0, 0.1) is 0 Å². The van der Waals surface area contributed by atoms with Gasteiger partial charge in [-0.05, 0) is 0 Å². The second kappa shape index (κ2) is 5.51. The second-order valence-electron chi connectivity index (χ2n) is 4.93. The van der Waals surface area contributed by atoms with E-state index in [1.807, 2.05) is 0 Å². The number of carbonyl (C=O) groups excluding carboxylic acids is 2. The first-order valence-corrected chi connectivity index (χ1v) is 6.56. The molecule has 0 aromatic heterocycles. The molecule has 0 aromatic carbocycles. The summed E-state index contributed by atoms with van der Waals surface area (Å²) in [6.07, 6.45) is 1.32. The molecule has 1 N–H and O–H groups in total. The molecular formula is C12H16N4O5. The number of methoxy groups -OCH3 is 2. The number of amidine groups is 1. The topological polar surface area (TPSA) is 102 Å². The number of imide groups is 1. The summed E-state index contributed by atoms with van der Waals surface area (Å²) in [7, 11) is 3.19. The first-order chi connectivity index (χ1) is 10.1. The van der Waals surface area contributed by atoms with Crippen LogP contribution >= 0.6 is 0 Å². The van der Waals surface area contributed by atoms with Crippen LogP contribution in [0.3, 0.4) is 0 Å². The van der Waals surface area contributed by atoms with Gasteiger partial charge in [0.1, 0.15) is 12.3 Å². The molecule has 9 heteroatoms. The highest BCUT2D eigenvalue weighted by Crippen LogP contribution is 2.28. The van der Waals surface area contributed by atoms with Gasteiger partial charge >= 0.3 is 6.03 Å². The first-order valence-electron chi connectivity index (χ1n) is 6.56. The van der Waals surface area contributed by atoms with Crippen molar-refractivity contribution in [1.82, 2.24) is 10.2 Å². The van der Waals surface area contributed by atoms with Crippen LogP contribution in [0.25, 0.3) is 0 Å². The molecular weight excluding hydrogens is 280 g/mol. The van der Waals surface area contributed by atoms with Crippen LogP contribution < -0.4 is 5.32 Å². The Balaban J connectivity index is 1.78. The predicted molar refractivity (Wildman–Crippen MR) is 71.0 cm³/mol. The summed E-state index contributed by atoms with van der Waals surface area (Å²) in [5.74, 6) is -0.180. The molecule has 0 aromatic rings. The molecule has 3 amide bonds. The van der Waals surface area contributed by atoms with Crippen LogP contribution in [-0.4, -0.2) is 74.3 Å². The lowest BCUT2D eigenvalue weighted by Gasteiger charge is -2.26. The molecule has 0 bridgehead atoms. The van der Waals surface area contributed by atoms with Crippen molar-refractivity contribution in [3.63, 3.8) is 0 Å². The van der Waals surface area contributed by atoms with E-state index in [2.05, 4.69) is 15.3 Å². The van der Waals surface area contributed by atoms with Gasteiger partial charge in [0.05, 0.1) is 19.0 Å². The van der Waals surface area contributed by atoms with Gasteiger partial charge in [0, 0.05) is 20.6 Å². The zero-order valence-corrected chi connectivity index (χ0v) is 11.7. The van der Waals surface area contributed by atoms with Gasteiger partial charge in [0.25, 0.3) is 5.91 Å². The number of aliphatic imine (C=N–C) groups is 2. The zero-order valence-electron chi connectivity index (χ0n) is 11.7. The van der Waals surface area contributed by atoms with E-state index in [1.54, 1.807) is 19.1 Å². The Morgan fingerprint density at radius 1 is 1.48 bits per heavy atom. The third-order valence-electron chi connectivity index (χ3n) is 3.67. The molecule has 114 valence electrons. The van der Waals surface area contributed by atoms with Crippen LogP contribution in [0.1, 0.15) is 6.42 Å². The highest BCUT2D eigenvalue weighted by molar-refractivity contribution is 6.22. The highest BCUT2D eigenvalue weighted by atomic mass is 16.6. The van der Waals surface area contributed by atoms with Crippen LogP contribution in [0.5, 0.6) is 0 Å². The van der Waals surface area contributed by atoms with E-state index in [0.29, 0.717) is 18.9 Å². The summed E-state index contributed by atoms with van der Waals surface area (Å²) in [5.41, 5.74) is 0. The van der Waals surface area contributed by atoms with Crippen molar-refractivity contribution in [2.45, 2.75) is 30.9 Å². The lowest BCUT2D eigenvalue weighted by Crippen LogP contribution is -2.50. The number of hydrogen-bond acceptors (Lipinski definition) is 7. The molecule has 0 aliphatic carbocycles. The fourth-order valence-corrected chi connectivity index (χ4v) is 2.67. The highest BCUT2D eigenvalue weighted by Gasteiger charge is 2.45. The van der Waals surface area contributed by atoms with Crippen LogP contribution in [0.2, 0.25) is 0 Å². The van der Waals surface area contributed by atoms with E-state index in [0.717, 1.165) is 0 Å². The molecule has 9 nitrogen and oxygen atoms in total. The van der Waals surface area contributed by atoms with E-state index in [-0.39, 0.29) is 18.4 Å². The summed E-state index contributed by atoms with van der Waals surface area (Å²) < 4.78 is 16.4. The SMILES string of the molecule is COCC1OC(N2C=NC3C(=O)NC(=O)N=C32)CC1OC. The van der Waals surface area contributed by atoms with Crippen LogP contribution in [0.4, 0.5) is 4.79 Å². The molecule has 1 saturated heterocycles. The number of amides is 3. The lowest BCUT2D eigenvalue weighted by molar-refractivity contribution is -0.120. The van der Waals surface area contributed by atoms with Crippen molar-refractivity contribution >= 4 is 24.1 Å². The number of hydrogen-bond donors (Lipinski definition) is 1. The third-order valence-corrected chi connectivity index (χ3v) is 3.67. The number of fused-ring (bicyclic) bond motifs is 1. The van der Waals surface area contributed by atoms with Gasteiger partial charge in [-0.25, -0.2) is 4.79 Å². The van der Waals surface area contributed by atoms with Crippen molar-refractivity contribution < 1.29 is 23.8 Å². The molecule has 1 fully saturated rings. The second-order valence-corrected chi connectivity index (χ2v) is 4.93. The first kappa shape index (κ1) is 14.1. The quantitative estimate of drug-likeness (QED) is 0.723. The van der Waals surface area contributed by atoms with Crippen LogP contribution in [0.15, 0.2) is 9.98 Å². The Kier molecular flexibility index (Phi) is 3.70. The average molecular weight is 296 g/mol. The molecule has 0 radical (unpaired) electrons. The maximum absolute atomic E-state index is 11.7.